The molecule has 0 radical (unpaired) electrons. The van der Waals surface area contributed by atoms with Crippen LogP contribution in [0.15, 0.2) is 0 Å². The Morgan fingerprint density at radius 1 is 1.50 bits per heavy atom. The summed E-state index contributed by atoms with van der Waals surface area (Å²) in [7, 11) is 1.54. The number of hydrogen-bond donors (Lipinski definition) is 3. The monoisotopic (exact) mass is 258 g/mol. The van der Waals surface area contributed by atoms with Crippen LogP contribution < -0.4 is 5.32 Å². The number of carbonyl (C=O) groups is 2. The molecule has 1 aliphatic rings. The van der Waals surface area contributed by atoms with Gasteiger partial charge in [0.05, 0.1) is 6.61 Å². The predicted molar refractivity (Wildman–Crippen MR) is 66.2 cm³/mol. The Labute approximate surface area is 107 Å². The third kappa shape index (κ3) is 3.35. The van der Waals surface area contributed by atoms with Gasteiger partial charge in [0.1, 0.15) is 5.54 Å². The first kappa shape index (κ1) is 14.8. The number of aliphatic hydroxyl groups is 1. The Morgan fingerprint density at radius 2 is 2.17 bits per heavy atom. The largest absolute Gasteiger partial charge is 0.480 e. The van der Waals surface area contributed by atoms with Crippen molar-refractivity contribution in [3.8, 4) is 0 Å². The summed E-state index contributed by atoms with van der Waals surface area (Å²) in [5.41, 5.74) is -1.15. The molecule has 18 heavy (non-hydrogen) atoms. The van der Waals surface area contributed by atoms with Gasteiger partial charge in [-0.25, -0.2) is 9.59 Å². The van der Waals surface area contributed by atoms with Crippen molar-refractivity contribution in [2.24, 2.45) is 5.92 Å². The van der Waals surface area contributed by atoms with Gasteiger partial charge in [0.15, 0.2) is 0 Å². The fourth-order valence-electron chi connectivity index (χ4n) is 2.46. The molecule has 0 aromatic heterocycles. The molecule has 2 unspecified atom stereocenters. The van der Waals surface area contributed by atoms with Crippen molar-refractivity contribution < 1.29 is 19.8 Å². The van der Waals surface area contributed by atoms with Crippen molar-refractivity contribution in [3.63, 3.8) is 0 Å². The van der Waals surface area contributed by atoms with Crippen LogP contribution in [-0.2, 0) is 4.79 Å². The van der Waals surface area contributed by atoms with Crippen LogP contribution in [0.25, 0.3) is 0 Å². The molecule has 0 aliphatic heterocycles. The van der Waals surface area contributed by atoms with Crippen molar-refractivity contribution in [1.82, 2.24) is 10.2 Å². The Morgan fingerprint density at radius 3 is 2.67 bits per heavy atom. The van der Waals surface area contributed by atoms with Crippen LogP contribution in [0.5, 0.6) is 0 Å². The van der Waals surface area contributed by atoms with E-state index in [0.717, 1.165) is 12.8 Å². The molecule has 1 fully saturated rings. The lowest BCUT2D eigenvalue weighted by Gasteiger charge is -2.38. The van der Waals surface area contributed by atoms with Crippen molar-refractivity contribution in [2.75, 3.05) is 20.2 Å². The second-order valence-corrected chi connectivity index (χ2v) is 5.16. The average Bonchev–Trinajstić information content (AvgIpc) is 2.29. The molecule has 104 valence electrons. The van der Waals surface area contributed by atoms with E-state index in [9.17, 15) is 14.7 Å². The summed E-state index contributed by atoms with van der Waals surface area (Å²) in [6.07, 6.45) is 2.72. The maximum atomic E-state index is 11.9. The quantitative estimate of drug-likeness (QED) is 0.690. The van der Waals surface area contributed by atoms with Gasteiger partial charge < -0.3 is 20.4 Å². The summed E-state index contributed by atoms with van der Waals surface area (Å²) in [6, 6.07) is -0.444. The third-order valence-corrected chi connectivity index (χ3v) is 3.54. The molecule has 1 saturated carbocycles. The van der Waals surface area contributed by atoms with E-state index in [1.807, 2.05) is 6.92 Å². The van der Waals surface area contributed by atoms with Crippen molar-refractivity contribution in [1.29, 1.82) is 0 Å². The summed E-state index contributed by atoms with van der Waals surface area (Å²) in [4.78, 5) is 24.6. The number of hydrogen-bond acceptors (Lipinski definition) is 3. The molecule has 2 atom stereocenters. The van der Waals surface area contributed by atoms with E-state index < -0.39 is 17.5 Å². The molecule has 2 amide bonds. The maximum Gasteiger partial charge on any atom is 0.329 e. The first-order chi connectivity index (χ1) is 8.41. The Kier molecular flexibility index (Phi) is 4.95. The van der Waals surface area contributed by atoms with E-state index >= 15 is 0 Å². The number of nitrogens with zero attached hydrogens (tertiary/aromatic N) is 1. The normalized spacial score (nSPS) is 27.6. The highest BCUT2D eigenvalue weighted by atomic mass is 16.4. The van der Waals surface area contributed by atoms with Gasteiger partial charge in [-0.1, -0.05) is 19.8 Å². The summed E-state index contributed by atoms with van der Waals surface area (Å²) < 4.78 is 0. The number of aliphatic hydroxyl groups excluding tert-OH is 1. The van der Waals surface area contributed by atoms with Gasteiger partial charge in [0, 0.05) is 13.6 Å². The highest BCUT2D eigenvalue weighted by Gasteiger charge is 2.43. The summed E-state index contributed by atoms with van der Waals surface area (Å²) >= 11 is 0. The standard InChI is InChI=1S/C12H22N2O4/c1-9-4-3-5-12(8-9,10(16)17)13-11(18)14(2)6-7-15/h9,15H,3-8H2,1-2H3,(H,13,18)(H,16,17). The summed E-state index contributed by atoms with van der Waals surface area (Å²) in [5, 5.41) is 20.8. The minimum Gasteiger partial charge on any atom is -0.480 e. The van der Waals surface area contributed by atoms with Gasteiger partial charge in [-0.05, 0) is 18.8 Å². The number of carbonyl (C=O) groups excluding carboxylic acids is 1. The van der Waals surface area contributed by atoms with Crippen LogP contribution in [0.4, 0.5) is 4.79 Å². The molecule has 0 aromatic rings. The van der Waals surface area contributed by atoms with E-state index in [4.69, 9.17) is 5.11 Å². The highest BCUT2D eigenvalue weighted by molar-refractivity contribution is 5.86. The molecule has 6 heteroatoms. The number of carboxylic acid groups (broad SMARTS) is 1. The van der Waals surface area contributed by atoms with Crippen LogP contribution in [0, 0.1) is 5.92 Å². The minimum absolute atomic E-state index is 0.138. The van der Waals surface area contributed by atoms with Crippen LogP contribution in [0.1, 0.15) is 32.6 Å². The topological polar surface area (TPSA) is 89.9 Å². The van der Waals surface area contributed by atoms with E-state index in [1.165, 1.54) is 11.9 Å². The van der Waals surface area contributed by atoms with Crippen LogP contribution >= 0.6 is 0 Å². The van der Waals surface area contributed by atoms with E-state index in [0.29, 0.717) is 18.8 Å². The molecule has 6 nitrogen and oxygen atoms in total. The number of aliphatic carboxylic acids is 1. The molecule has 1 rings (SSSR count). The highest BCUT2D eigenvalue weighted by Crippen LogP contribution is 2.32. The first-order valence-electron chi connectivity index (χ1n) is 6.29. The predicted octanol–water partition coefficient (Wildman–Crippen LogP) is 0.654. The Bertz CT molecular complexity index is 321. The molecule has 0 heterocycles. The van der Waals surface area contributed by atoms with Gasteiger partial charge >= 0.3 is 12.0 Å². The zero-order valence-corrected chi connectivity index (χ0v) is 11.0. The van der Waals surface area contributed by atoms with Crippen molar-refractivity contribution in [3.05, 3.63) is 0 Å². The molecule has 0 spiro atoms. The minimum atomic E-state index is -1.15. The second-order valence-electron chi connectivity index (χ2n) is 5.16. The number of carboxylic acids is 1. The smallest absolute Gasteiger partial charge is 0.329 e. The van der Waals surface area contributed by atoms with Gasteiger partial charge in [-0.15, -0.1) is 0 Å². The Balaban J connectivity index is 2.74. The summed E-state index contributed by atoms with van der Waals surface area (Å²) in [5.74, 6) is -0.682. The number of rotatable bonds is 4. The zero-order chi connectivity index (χ0) is 13.8. The number of amides is 2. The van der Waals surface area contributed by atoms with Crippen molar-refractivity contribution in [2.45, 2.75) is 38.1 Å². The van der Waals surface area contributed by atoms with Crippen LogP contribution in [-0.4, -0.2) is 52.9 Å². The molecule has 0 bridgehead atoms. The lowest BCUT2D eigenvalue weighted by molar-refractivity contribution is -0.146. The van der Waals surface area contributed by atoms with Crippen LogP contribution in [0.2, 0.25) is 0 Å². The Hall–Kier alpha value is -1.30. The lowest BCUT2D eigenvalue weighted by Crippen LogP contribution is -2.59. The molecule has 0 aromatic carbocycles. The van der Waals surface area contributed by atoms with E-state index in [1.54, 1.807) is 0 Å². The van der Waals surface area contributed by atoms with Gasteiger partial charge in [0.25, 0.3) is 0 Å². The van der Waals surface area contributed by atoms with Crippen LogP contribution in [0.3, 0.4) is 0 Å². The number of nitrogens with one attached hydrogen (secondary N) is 1. The fraction of sp³-hybridized carbons (Fsp3) is 0.833. The maximum absolute atomic E-state index is 11.9. The SMILES string of the molecule is CC1CCCC(NC(=O)N(C)CCO)(C(=O)O)C1. The molecule has 3 N–H and O–H groups in total. The summed E-state index contributed by atoms with van der Waals surface area (Å²) in [6.45, 7) is 2.05. The third-order valence-electron chi connectivity index (χ3n) is 3.54. The fourth-order valence-corrected chi connectivity index (χ4v) is 2.46. The molecule has 0 saturated heterocycles. The lowest BCUT2D eigenvalue weighted by atomic mass is 9.76. The van der Waals surface area contributed by atoms with E-state index in [2.05, 4.69) is 5.32 Å². The molecule has 1 aliphatic carbocycles. The van der Waals surface area contributed by atoms with Gasteiger partial charge in [0.2, 0.25) is 0 Å². The van der Waals surface area contributed by atoms with Gasteiger partial charge in [-0.3, -0.25) is 0 Å². The molecular weight excluding hydrogens is 236 g/mol. The average molecular weight is 258 g/mol. The van der Waals surface area contributed by atoms with E-state index in [-0.39, 0.29) is 13.2 Å². The number of likely N-dealkylation sites (N-methyl/N-ethyl adjacent to an activating group) is 1. The van der Waals surface area contributed by atoms with Gasteiger partial charge in [-0.2, -0.15) is 0 Å². The zero-order valence-electron chi connectivity index (χ0n) is 11.0. The first-order valence-corrected chi connectivity index (χ1v) is 6.29. The number of urea groups is 1. The van der Waals surface area contributed by atoms with Crippen molar-refractivity contribution >= 4 is 12.0 Å². The second kappa shape index (κ2) is 6.04. The molecular formula is C12H22N2O4.